The Labute approximate surface area is 106 Å². The third-order valence-corrected chi connectivity index (χ3v) is 2.66. The number of anilines is 1. The van der Waals surface area contributed by atoms with E-state index in [0.29, 0.717) is 5.56 Å². The highest BCUT2D eigenvalue weighted by Gasteiger charge is 2.23. The molecule has 0 spiro atoms. The van der Waals surface area contributed by atoms with Gasteiger partial charge in [-0.05, 0) is 30.2 Å². The van der Waals surface area contributed by atoms with Gasteiger partial charge in [0.05, 0.1) is 0 Å². The number of carbonyl (C=O) groups excluding carboxylic acids is 1. The number of benzene rings is 1. The third-order valence-electron chi connectivity index (χ3n) is 2.66. The number of amides is 1. The summed E-state index contributed by atoms with van der Waals surface area (Å²) in [6.45, 7) is 3.51. The van der Waals surface area contributed by atoms with Crippen molar-refractivity contribution in [2.75, 3.05) is 12.4 Å². The molecule has 1 aromatic carbocycles. The van der Waals surface area contributed by atoms with Gasteiger partial charge in [-0.15, -0.1) is 0 Å². The molecule has 0 heterocycles. The Bertz CT molecular complexity index is 426. The predicted molar refractivity (Wildman–Crippen MR) is 69.7 cm³/mol. The molecule has 1 aromatic rings. The maximum Gasteiger partial charge on any atom is 0.326 e. The zero-order valence-corrected chi connectivity index (χ0v) is 10.7. The molecule has 0 fully saturated rings. The van der Waals surface area contributed by atoms with E-state index in [2.05, 4.69) is 10.6 Å². The Hall–Kier alpha value is -2.04. The molecule has 98 valence electrons. The Kier molecular flexibility index (Phi) is 4.71. The van der Waals surface area contributed by atoms with Gasteiger partial charge in [0.15, 0.2) is 0 Å². The van der Waals surface area contributed by atoms with Crippen LogP contribution in [0.1, 0.15) is 24.2 Å². The lowest BCUT2D eigenvalue weighted by Crippen LogP contribution is -2.44. The van der Waals surface area contributed by atoms with Gasteiger partial charge in [-0.3, -0.25) is 4.79 Å². The van der Waals surface area contributed by atoms with E-state index in [1.165, 1.54) is 0 Å². The minimum atomic E-state index is -1.02. The molecule has 5 nitrogen and oxygen atoms in total. The summed E-state index contributed by atoms with van der Waals surface area (Å²) >= 11 is 0. The van der Waals surface area contributed by atoms with Crippen molar-refractivity contribution in [1.82, 2.24) is 5.32 Å². The Morgan fingerprint density at radius 1 is 1.17 bits per heavy atom. The monoisotopic (exact) mass is 250 g/mol. The maximum absolute atomic E-state index is 11.9. The topological polar surface area (TPSA) is 78.4 Å². The molecule has 0 saturated carbocycles. The number of carboxylic acids is 1. The summed E-state index contributed by atoms with van der Waals surface area (Å²) in [5.41, 5.74) is 1.34. The van der Waals surface area contributed by atoms with E-state index < -0.39 is 12.0 Å². The summed E-state index contributed by atoms with van der Waals surface area (Å²) in [5.74, 6) is -1.56. The Balaban J connectivity index is 2.77. The molecule has 0 aliphatic heterocycles. The average Bonchev–Trinajstić information content (AvgIpc) is 2.35. The molecular formula is C13H18N2O3. The second-order valence-electron chi connectivity index (χ2n) is 4.36. The molecular weight excluding hydrogens is 232 g/mol. The summed E-state index contributed by atoms with van der Waals surface area (Å²) in [7, 11) is 1.79. The van der Waals surface area contributed by atoms with Gasteiger partial charge in [-0.1, -0.05) is 13.8 Å². The van der Waals surface area contributed by atoms with Crippen molar-refractivity contribution in [3.63, 3.8) is 0 Å². The zero-order chi connectivity index (χ0) is 13.7. The number of carboxylic acid groups (broad SMARTS) is 1. The molecule has 18 heavy (non-hydrogen) atoms. The minimum absolute atomic E-state index is 0.164. The number of nitrogens with one attached hydrogen (secondary N) is 2. The Morgan fingerprint density at radius 3 is 2.11 bits per heavy atom. The lowest BCUT2D eigenvalue weighted by Gasteiger charge is -2.17. The molecule has 0 bridgehead atoms. The van der Waals surface area contributed by atoms with Crippen molar-refractivity contribution < 1.29 is 14.7 Å². The van der Waals surface area contributed by atoms with Crippen molar-refractivity contribution in [1.29, 1.82) is 0 Å². The van der Waals surface area contributed by atoms with Crippen LogP contribution in [-0.2, 0) is 4.79 Å². The SMILES string of the molecule is CNc1ccc(C(=O)N[C@H](C(=O)O)C(C)C)cc1. The van der Waals surface area contributed by atoms with Crippen molar-refractivity contribution in [2.24, 2.45) is 5.92 Å². The molecule has 1 rings (SSSR count). The molecule has 0 aliphatic carbocycles. The van der Waals surface area contributed by atoms with Crippen LogP contribution in [0.4, 0.5) is 5.69 Å². The summed E-state index contributed by atoms with van der Waals surface area (Å²) in [6.07, 6.45) is 0. The van der Waals surface area contributed by atoms with Crippen molar-refractivity contribution in [3.05, 3.63) is 29.8 Å². The van der Waals surface area contributed by atoms with E-state index in [9.17, 15) is 9.59 Å². The van der Waals surface area contributed by atoms with Crippen LogP contribution in [-0.4, -0.2) is 30.1 Å². The first kappa shape index (κ1) is 14.0. The van der Waals surface area contributed by atoms with Crippen LogP contribution in [0.2, 0.25) is 0 Å². The van der Waals surface area contributed by atoms with Crippen molar-refractivity contribution in [3.8, 4) is 0 Å². The molecule has 0 unspecified atom stereocenters. The van der Waals surface area contributed by atoms with Crippen LogP contribution in [0.25, 0.3) is 0 Å². The molecule has 0 saturated heterocycles. The second-order valence-corrected chi connectivity index (χ2v) is 4.36. The van der Waals surface area contributed by atoms with Gasteiger partial charge in [0.2, 0.25) is 0 Å². The first-order chi connectivity index (χ1) is 8.45. The van der Waals surface area contributed by atoms with Crippen molar-refractivity contribution in [2.45, 2.75) is 19.9 Å². The van der Waals surface area contributed by atoms with Gasteiger partial charge in [-0.2, -0.15) is 0 Å². The first-order valence-corrected chi connectivity index (χ1v) is 5.77. The smallest absolute Gasteiger partial charge is 0.326 e. The Morgan fingerprint density at radius 2 is 1.72 bits per heavy atom. The van der Waals surface area contributed by atoms with Gasteiger partial charge in [0.25, 0.3) is 5.91 Å². The fraction of sp³-hybridized carbons (Fsp3) is 0.385. The highest BCUT2D eigenvalue weighted by atomic mass is 16.4. The summed E-state index contributed by atoms with van der Waals surface area (Å²) in [6, 6.07) is 5.96. The van der Waals surface area contributed by atoms with Gasteiger partial charge in [-0.25, -0.2) is 4.79 Å². The molecule has 5 heteroatoms. The highest BCUT2D eigenvalue weighted by molar-refractivity contribution is 5.96. The summed E-state index contributed by atoms with van der Waals surface area (Å²) < 4.78 is 0. The fourth-order valence-corrected chi connectivity index (χ4v) is 1.53. The zero-order valence-electron chi connectivity index (χ0n) is 10.7. The molecule has 0 aromatic heterocycles. The predicted octanol–water partition coefficient (Wildman–Crippen LogP) is 1.57. The van der Waals surface area contributed by atoms with Crippen LogP contribution >= 0.6 is 0 Å². The van der Waals surface area contributed by atoms with E-state index in [0.717, 1.165) is 5.69 Å². The fourth-order valence-electron chi connectivity index (χ4n) is 1.53. The summed E-state index contributed by atoms with van der Waals surface area (Å²) in [4.78, 5) is 22.9. The second kappa shape index (κ2) is 6.05. The van der Waals surface area contributed by atoms with Crippen LogP contribution in [0.3, 0.4) is 0 Å². The van der Waals surface area contributed by atoms with Crippen LogP contribution in [0.15, 0.2) is 24.3 Å². The average molecular weight is 250 g/mol. The maximum atomic E-state index is 11.9. The normalized spacial score (nSPS) is 12.0. The standard InChI is InChI=1S/C13H18N2O3/c1-8(2)11(13(17)18)15-12(16)9-4-6-10(14-3)7-5-9/h4-8,11,14H,1-3H3,(H,15,16)(H,17,18)/t11-/m0/s1. The third kappa shape index (κ3) is 3.48. The first-order valence-electron chi connectivity index (χ1n) is 5.77. The largest absolute Gasteiger partial charge is 0.480 e. The van der Waals surface area contributed by atoms with Crippen LogP contribution < -0.4 is 10.6 Å². The van der Waals surface area contributed by atoms with Crippen LogP contribution in [0, 0.1) is 5.92 Å². The van der Waals surface area contributed by atoms with E-state index in [4.69, 9.17) is 5.11 Å². The van der Waals surface area contributed by atoms with E-state index in [1.54, 1.807) is 45.2 Å². The lowest BCUT2D eigenvalue weighted by atomic mass is 10.0. The summed E-state index contributed by atoms with van der Waals surface area (Å²) in [5, 5.41) is 14.5. The van der Waals surface area contributed by atoms with Gasteiger partial charge in [0.1, 0.15) is 6.04 Å². The van der Waals surface area contributed by atoms with Gasteiger partial charge in [0, 0.05) is 18.3 Å². The molecule has 1 atom stereocenters. The molecule has 0 aliphatic rings. The molecule has 1 amide bonds. The van der Waals surface area contributed by atoms with E-state index >= 15 is 0 Å². The number of carbonyl (C=O) groups is 2. The van der Waals surface area contributed by atoms with E-state index in [1.807, 2.05) is 0 Å². The number of hydrogen-bond acceptors (Lipinski definition) is 3. The van der Waals surface area contributed by atoms with Crippen LogP contribution in [0.5, 0.6) is 0 Å². The minimum Gasteiger partial charge on any atom is -0.480 e. The number of aliphatic carboxylic acids is 1. The van der Waals surface area contributed by atoms with E-state index in [-0.39, 0.29) is 11.8 Å². The number of rotatable bonds is 5. The highest BCUT2D eigenvalue weighted by Crippen LogP contribution is 2.10. The molecule has 0 radical (unpaired) electrons. The van der Waals surface area contributed by atoms with Gasteiger partial charge < -0.3 is 15.7 Å². The van der Waals surface area contributed by atoms with Crippen molar-refractivity contribution >= 4 is 17.6 Å². The molecule has 3 N–H and O–H groups in total. The quantitative estimate of drug-likeness (QED) is 0.741. The lowest BCUT2D eigenvalue weighted by molar-refractivity contribution is -0.140. The van der Waals surface area contributed by atoms with Gasteiger partial charge >= 0.3 is 5.97 Å². The number of hydrogen-bond donors (Lipinski definition) is 3.